The van der Waals surface area contributed by atoms with Crippen molar-refractivity contribution in [2.24, 2.45) is 0 Å². The third-order valence-electron chi connectivity index (χ3n) is 9.42. The molecule has 1 aromatic heterocycles. The lowest BCUT2D eigenvalue weighted by Crippen LogP contribution is -2.81. The molecule has 5 aromatic carbocycles. The summed E-state index contributed by atoms with van der Waals surface area (Å²) < 4.78 is 296. The maximum atomic E-state index is 15.4. The van der Waals surface area contributed by atoms with Gasteiger partial charge in [-0.25, -0.2) is 87.8 Å². The second-order valence-electron chi connectivity index (χ2n) is 12.9. The van der Waals surface area contributed by atoms with E-state index in [1.165, 1.54) is 6.92 Å². The third kappa shape index (κ3) is 7.64. The molecule has 0 fully saturated rings. The van der Waals surface area contributed by atoms with Crippen molar-refractivity contribution in [2.75, 3.05) is 0 Å². The number of ketones is 2. The summed E-state index contributed by atoms with van der Waals surface area (Å²) >= 11 is 0. The van der Waals surface area contributed by atoms with Crippen molar-refractivity contribution in [1.29, 1.82) is 0 Å². The van der Waals surface area contributed by atoms with Crippen LogP contribution in [0.3, 0.4) is 0 Å². The minimum atomic E-state index is -7.22. The van der Waals surface area contributed by atoms with Gasteiger partial charge < -0.3 is 0 Å². The molecule has 0 spiro atoms. The Hall–Kier alpha value is -6.75. The van der Waals surface area contributed by atoms with Crippen molar-refractivity contribution in [2.45, 2.75) is 13.5 Å². The van der Waals surface area contributed by atoms with Crippen LogP contribution in [0.2, 0.25) is 0 Å². The minimum Gasteiger partial charge on any atom is -0.295 e. The Labute approximate surface area is 337 Å². The second-order valence-corrected chi connectivity index (χ2v) is 12.9. The van der Waals surface area contributed by atoms with Gasteiger partial charge in [0.05, 0.1) is 0 Å². The zero-order valence-corrected chi connectivity index (χ0v) is 30.3. The van der Waals surface area contributed by atoms with Crippen LogP contribution in [0.25, 0.3) is 0 Å². The highest BCUT2D eigenvalue weighted by molar-refractivity contribution is 7.20. The summed E-state index contributed by atoms with van der Waals surface area (Å²) in [5, 5.41) is 0. The number of hydrogen-bond acceptors (Lipinski definition) is 2. The van der Waals surface area contributed by atoms with Gasteiger partial charge in [0, 0.05) is 23.3 Å². The van der Waals surface area contributed by atoms with E-state index in [4.69, 9.17) is 0 Å². The molecule has 330 valence electrons. The average Bonchev–Trinajstić information content (AvgIpc) is 3.26. The van der Waals surface area contributed by atoms with Crippen LogP contribution in [0, 0.1) is 116 Å². The summed E-state index contributed by atoms with van der Waals surface area (Å²) in [7, 11) is 0. The first-order chi connectivity index (χ1) is 29.4. The van der Waals surface area contributed by atoms with Crippen LogP contribution in [0.4, 0.5) is 87.8 Å². The van der Waals surface area contributed by atoms with Gasteiger partial charge in [-0.05, 0) is 6.92 Å². The van der Waals surface area contributed by atoms with Crippen molar-refractivity contribution < 1.29 is 102 Å². The van der Waals surface area contributed by atoms with Crippen LogP contribution in [-0.4, -0.2) is 17.7 Å². The Morgan fingerprint density at radius 2 is 0.587 bits per heavy atom. The lowest BCUT2D eigenvalue weighted by Gasteiger charge is -2.44. The molecule has 1 heterocycles. The zero-order chi connectivity index (χ0) is 47.3. The average molecular weight is 919 g/mol. The molecule has 0 saturated heterocycles. The maximum Gasteiger partial charge on any atom is 0.227 e. The van der Waals surface area contributed by atoms with Gasteiger partial charge in [0.1, 0.15) is 52.7 Å². The van der Waals surface area contributed by atoms with Crippen LogP contribution in [-0.2, 0) is 6.54 Å². The molecule has 0 aliphatic heterocycles. The van der Waals surface area contributed by atoms with Gasteiger partial charge in [0.2, 0.25) is 12.3 Å². The second kappa shape index (κ2) is 17.6. The number of halogens is 20. The standard InChI is InChI=1S/C24BF20.C15H14NO2/c26-5-1(6(27)14(35)21(42)13(5)34)25(2-7(28)15(36)22(43)16(37)8(2)29,3-9(30)17(38)23(44)18(39)10(3)31)4-11(32)19(40)24(45)20(41)12(4)33;1-12(17)13-5-7-14(8-6-13)15(18)11-16-9-3-2-4-10-16/h;2-10H,11H2,1H3/q-1;+1. The van der Waals surface area contributed by atoms with Gasteiger partial charge in [0.25, 0.3) is 0 Å². The fourth-order valence-corrected chi connectivity index (χ4v) is 6.56. The zero-order valence-electron chi connectivity index (χ0n) is 30.3. The fraction of sp³-hybridized carbons (Fsp3) is 0.0513. The van der Waals surface area contributed by atoms with E-state index >= 15 is 35.1 Å². The summed E-state index contributed by atoms with van der Waals surface area (Å²) in [6.45, 7) is 1.82. The molecule has 0 saturated carbocycles. The smallest absolute Gasteiger partial charge is 0.227 e. The fourth-order valence-electron chi connectivity index (χ4n) is 6.56. The SMILES string of the molecule is CC(=O)c1ccc(C(=O)C[n+]2ccccc2)cc1.Fc1c(F)c(F)c([B-](c2c(F)c(F)c(F)c(F)c2F)(c2c(F)c(F)c(F)c(F)c2F)c2c(F)c(F)c(F)c(F)c2F)c(F)c1F. The summed E-state index contributed by atoms with van der Waals surface area (Å²) in [5.41, 5.74) is -13.1. The largest absolute Gasteiger partial charge is 0.295 e. The number of aromatic nitrogens is 1. The first-order valence-corrected chi connectivity index (χ1v) is 16.7. The number of carbonyl (C=O) groups is 2. The number of carbonyl (C=O) groups excluding carboxylic acids is 2. The van der Waals surface area contributed by atoms with Gasteiger partial charge in [-0.2, -0.15) is 4.57 Å². The quantitative estimate of drug-likeness (QED) is 0.0389. The summed E-state index contributed by atoms with van der Waals surface area (Å²) in [5.74, 6) is -71.4. The van der Waals surface area contributed by atoms with Crippen LogP contribution in [0.1, 0.15) is 27.6 Å². The molecule has 0 bridgehead atoms. The third-order valence-corrected chi connectivity index (χ3v) is 9.42. The number of Topliss-reactive ketones (excluding diaryl/α,β-unsaturated/α-hetero) is 2. The normalized spacial score (nSPS) is 11.4. The molecule has 0 N–H and O–H groups in total. The lowest BCUT2D eigenvalue weighted by molar-refractivity contribution is -0.683. The Bertz CT molecular complexity index is 2470. The molecule has 0 unspecified atom stereocenters. The highest BCUT2D eigenvalue weighted by Crippen LogP contribution is 2.30. The van der Waals surface area contributed by atoms with E-state index in [1.807, 2.05) is 35.2 Å². The molecule has 0 radical (unpaired) electrons. The van der Waals surface area contributed by atoms with Gasteiger partial charge in [-0.1, -0.05) is 30.3 Å². The van der Waals surface area contributed by atoms with E-state index in [2.05, 4.69) is 0 Å². The van der Waals surface area contributed by atoms with Gasteiger partial charge in [-0.15, -0.1) is 21.9 Å². The van der Waals surface area contributed by atoms with Crippen LogP contribution < -0.4 is 26.4 Å². The van der Waals surface area contributed by atoms with Gasteiger partial charge >= 0.3 is 0 Å². The maximum absolute atomic E-state index is 15.4. The first-order valence-electron chi connectivity index (χ1n) is 16.7. The van der Waals surface area contributed by atoms with E-state index in [-0.39, 0.29) is 11.6 Å². The number of rotatable bonds is 8. The van der Waals surface area contributed by atoms with Gasteiger partial charge in [0.15, 0.2) is 88.0 Å². The Morgan fingerprint density at radius 1 is 0.365 bits per heavy atom. The van der Waals surface area contributed by atoms with E-state index < -0.39 is 144 Å². The highest BCUT2D eigenvalue weighted by atomic mass is 19.2. The van der Waals surface area contributed by atoms with Crippen LogP contribution in [0.15, 0.2) is 54.9 Å². The van der Waals surface area contributed by atoms with Crippen LogP contribution >= 0.6 is 0 Å². The monoisotopic (exact) mass is 919 g/mol. The molecule has 0 atom stereocenters. The Balaban J connectivity index is 0.000000345. The lowest BCUT2D eigenvalue weighted by atomic mass is 9.12. The molecular formula is C39H14BF20NO2. The van der Waals surface area contributed by atoms with E-state index in [0.29, 0.717) is 17.7 Å². The molecule has 6 rings (SSSR count). The van der Waals surface area contributed by atoms with Gasteiger partial charge in [-0.3, -0.25) is 9.59 Å². The van der Waals surface area contributed by atoms with Crippen molar-refractivity contribution in [3.63, 3.8) is 0 Å². The Kier molecular flexibility index (Phi) is 13.2. The molecule has 63 heavy (non-hydrogen) atoms. The first kappa shape index (κ1) is 47.3. The number of hydrogen-bond donors (Lipinski definition) is 0. The number of nitrogens with zero attached hydrogens (tertiary/aromatic N) is 1. The predicted molar refractivity (Wildman–Crippen MR) is 177 cm³/mol. The van der Waals surface area contributed by atoms with Crippen molar-refractivity contribution >= 4 is 39.6 Å². The number of pyridine rings is 1. The van der Waals surface area contributed by atoms with E-state index in [0.717, 1.165) is 0 Å². The van der Waals surface area contributed by atoms with Crippen molar-refractivity contribution in [3.8, 4) is 0 Å². The predicted octanol–water partition coefficient (Wildman–Crippen LogP) is 7.91. The minimum absolute atomic E-state index is 0.00596. The summed E-state index contributed by atoms with van der Waals surface area (Å²) in [4.78, 5) is 23.1. The molecule has 24 heteroatoms. The summed E-state index contributed by atoms with van der Waals surface area (Å²) in [6, 6.07) is 12.4. The molecule has 0 aliphatic carbocycles. The van der Waals surface area contributed by atoms with E-state index in [9.17, 15) is 62.3 Å². The highest BCUT2D eigenvalue weighted by Gasteiger charge is 2.52. The molecule has 3 nitrogen and oxygen atoms in total. The molecule has 0 aliphatic rings. The molecule has 6 aromatic rings. The van der Waals surface area contributed by atoms with E-state index in [1.54, 1.807) is 24.3 Å². The Morgan fingerprint density at radius 3 is 0.825 bits per heavy atom. The van der Waals surface area contributed by atoms with Crippen molar-refractivity contribution in [1.82, 2.24) is 0 Å². The summed E-state index contributed by atoms with van der Waals surface area (Å²) in [6.07, 6.45) is -3.52. The topological polar surface area (TPSA) is 38.0 Å². The molecule has 0 amide bonds. The van der Waals surface area contributed by atoms with Crippen molar-refractivity contribution in [3.05, 3.63) is 182 Å². The molecular weight excluding hydrogens is 905 g/mol. The number of benzene rings is 5. The van der Waals surface area contributed by atoms with Crippen LogP contribution in [0.5, 0.6) is 0 Å².